The van der Waals surface area contributed by atoms with Gasteiger partial charge < -0.3 is 10.6 Å². The van der Waals surface area contributed by atoms with Crippen molar-refractivity contribution in [1.29, 1.82) is 0 Å². The lowest BCUT2D eigenvalue weighted by atomic mass is 9.91. The number of piperidine rings is 1. The Bertz CT molecular complexity index is 447. The van der Waals surface area contributed by atoms with Crippen LogP contribution in [-0.2, 0) is 4.79 Å². The van der Waals surface area contributed by atoms with E-state index in [0.29, 0.717) is 12.5 Å². The molecule has 1 aliphatic rings. The summed E-state index contributed by atoms with van der Waals surface area (Å²) in [5.41, 5.74) is 1.21. The van der Waals surface area contributed by atoms with E-state index in [1.165, 1.54) is 6.07 Å². The van der Waals surface area contributed by atoms with E-state index in [1.54, 1.807) is 12.1 Å². The monoisotopic (exact) mass is 250 g/mol. The van der Waals surface area contributed by atoms with Crippen LogP contribution in [0.5, 0.6) is 0 Å². The summed E-state index contributed by atoms with van der Waals surface area (Å²) in [4.78, 5) is 12.1. The first kappa shape index (κ1) is 13.0. The molecule has 0 spiro atoms. The van der Waals surface area contributed by atoms with Gasteiger partial charge in [0, 0.05) is 6.54 Å². The van der Waals surface area contributed by atoms with E-state index in [1.807, 2.05) is 6.92 Å². The largest absolute Gasteiger partial charge is 0.323 e. The van der Waals surface area contributed by atoms with Gasteiger partial charge in [-0.25, -0.2) is 4.39 Å². The van der Waals surface area contributed by atoms with Gasteiger partial charge in [-0.3, -0.25) is 4.79 Å². The van der Waals surface area contributed by atoms with Crippen LogP contribution in [0.3, 0.4) is 0 Å². The molecule has 1 amide bonds. The summed E-state index contributed by atoms with van der Waals surface area (Å²) >= 11 is 0. The quantitative estimate of drug-likeness (QED) is 0.845. The van der Waals surface area contributed by atoms with Gasteiger partial charge in [0.2, 0.25) is 5.91 Å². The van der Waals surface area contributed by atoms with Crippen LogP contribution < -0.4 is 10.6 Å². The van der Waals surface area contributed by atoms with E-state index >= 15 is 0 Å². The van der Waals surface area contributed by atoms with Gasteiger partial charge in [-0.1, -0.05) is 13.0 Å². The highest BCUT2D eigenvalue weighted by molar-refractivity contribution is 5.93. The molecule has 1 fully saturated rings. The molecule has 0 aromatic heterocycles. The second-order valence-electron chi connectivity index (χ2n) is 5.17. The molecule has 2 unspecified atom stereocenters. The van der Waals surface area contributed by atoms with Gasteiger partial charge in [0.1, 0.15) is 5.82 Å². The van der Waals surface area contributed by atoms with E-state index < -0.39 is 0 Å². The summed E-state index contributed by atoms with van der Waals surface area (Å²) < 4.78 is 13.5. The van der Waals surface area contributed by atoms with E-state index in [0.717, 1.165) is 18.5 Å². The standard InChI is InChI=1S/C14H19FN2O/c1-9-3-4-12(15)13(6-9)17-14(18)11-5-10(2)7-16-8-11/h3-4,6,10-11,16H,5,7-8H2,1-2H3,(H,17,18). The molecule has 0 radical (unpaired) electrons. The molecule has 1 aromatic rings. The zero-order valence-corrected chi connectivity index (χ0v) is 10.8. The molecular weight excluding hydrogens is 231 g/mol. The van der Waals surface area contributed by atoms with Gasteiger partial charge in [-0.05, 0) is 43.5 Å². The van der Waals surface area contributed by atoms with Crippen LogP contribution in [-0.4, -0.2) is 19.0 Å². The molecule has 18 heavy (non-hydrogen) atoms. The number of carbonyl (C=O) groups is 1. The summed E-state index contributed by atoms with van der Waals surface area (Å²) in [6.07, 6.45) is 0.853. The second kappa shape index (κ2) is 5.48. The van der Waals surface area contributed by atoms with E-state index in [4.69, 9.17) is 0 Å². The first-order chi connectivity index (χ1) is 8.56. The van der Waals surface area contributed by atoms with Gasteiger partial charge in [0.15, 0.2) is 0 Å². The van der Waals surface area contributed by atoms with Gasteiger partial charge in [0.25, 0.3) is 0 Å². The summed E-state index contributed by atoms with van der Waals surface area (Å²) in [5, 5.41) is 5.91. The van der Waals surface area contributed by atoms with Crippen molar-refractivity contribution >= 4 is 11.6 Å². The number of hydrogen-bond donors (Lipinski definition) is 2. The highest BCUT2D eigenvalue weighted by Gasteiger charge is 2.25. The van der Waals surface area contributed by atoms with Gasteiger partial charge in [-0.15, -0.1) is 0 Å². The Balaban J connectivity index is 2.04. The highest BCUT2D eigenvalue weighted by Crippen LogP contribution is 2.20. The molecule has 1 aliphatic heterocycles. The smallest absolute Gasteiger partial charge is 0.228 e. The zero-order chi connectivity index (χ0) is 13.1. The maximum Gasteiger partial charge on any atom is 0.228 e. The fraction of sp³-hybridized carbons (Fsp3) is 0.500. The summed E-state index contributed by atoms with van der Waals surface area (Å²) in [6.45, 7) is 5.60. The summed E-state index contributed by atoms with van der Waals surface area (Å²) in [7, 11) is 0. The van der Waals surface area contributed by atoms with Crippen LogP contribution in [0.2, 0.25) is 0 Å². The minimum Gasteiger partial charge on any atom is -0.323 e. The lowest BCUT2D eigenvalue weighted by molar-refractivity contribution is -0.120. The van der Waals surface area contributed by atoms with Crippen molar-refractivity contribution in [1.82, 2.24) is 5.32 Å². The number of benzene rings is 1. The Hall–Kier alpha value is -1.42. The third kappa shape index (κ3) is 3.07. The fourth-order valence-electron chi connectivity index (χ4n) is 2.33. The lowest BCUT2D eigenvalue weighted by Gasteiger charge is -2.26. The van der Waals surface area contributed by atoms with Crippen LogP contribution >= 0.6 is 0 Å². The van der Waals surface area contributed by atoms with E-state index in [-0.39, 0.29) is 23.3 Å². The van der Waals surface area contributed by atoms with Crippen LogP contribution in [0.25, 0.3) is 0 Å². The normalized spacial score (nSPS) is 23.7. The molecule has 0 aliphatic carbocycles. The van der Waals surface area contributed by atoms with Crippen molar-refractivity contribution in [2.45, 2.75) is 20.3 Å². The average Bonchev–Trinajstić information content (AvgIpc) is 2.34. The minimum absolute atomic E-state index is 0.0753. The summed E-state index contributed by atoms with van der Waals surface area (Å²) in [5.74, 6) is -0.0742. The van der Waals surface area contributed by atoms with Crippen molar-refractivity contribution in [3.05, 3.63) is 29.6 Å². The predicted octanol–water partition coefficient (Wildman–Crippen LogP) is 2.32. The summed E-state index contributed by atoms with van der Waals surface area (Å²) in [6, 6.07) is 4.73. The molecule has 98 valence electrons. The third-order valence-corrected chi connectivity index (χ3v) is 3.32. The fourth-order valence-corrected chi connectivity index (χ4v) is 2.33. The Morgan fingerprint density at radius 2 is 2.22 bits per heavy atom. The van der Waals surface area contributed by atoms with Crippen LogP contribution in [0.4, 0.5) is 10.1 Å². The maximum absolute atomic E-state index is 13.5. The SMILES string of the molecule is Cc1ccc(F)c(NC(=O)C2CNCC(C)C2)c1. The van der Waals surface area contributed by atoms with Crippen molar-refractivity contribution < 1.29 is 9.18 Å². The highest BCUT2D eigenvalue weighted by atomic mass is 19.1. The first-order valence-corrected chi connectivity index (χ1v) is 6.34. The Kier molecular flexibility index (Phi) is 3.97. The molecule has 0 bridgehead atoms. The lowest BCUT2D eigenvalue weighted by Crippen LogP contribution is -2.41. The second-order valence-corrected chi connectivity index (χ2v) is 5.17. The van der Waals surface area contributed by atoms with Crippen molar-refractivity contribution in [3.8, 4) is 0 Å². The number of aryl methyl sites for hydroxylation is 1. The zero-order valence-electron chi connectivity index (χ0n) is 10.8. The molecule has 3 nitrogen and oxygen atoms in total. The molecule has 1 aromatic carbocycles. The molecule has 1 heterocycles. The number of amides is 1. The molecule has 4 heteroatoms. The molecule has 1 saturated heterocycles. The minimum atomic E-state index is -0.384. The predicted molar refractivity (Wildman–Crippen MR) is 69.9 cm³/mol. The molecular formula is C14H19FN2O. The van der Waals surface area contributed by atoms with E-state index in [9.17, 15) is 9.18 Å². The molecule has 2 atom stereocenters. The maximum atomic E-state index is 13.5. The Morgan fingerprint density at radius 3 is 2.94 bits per heavy atom. The Labute approximate surface area is 107 Å². The number of nitrogens with one attached hydrogen (secondary N) is 2. The third-order valence-electron chi connectivity index (χ3n) is 3.32. The number of rotatable bonds is 2. The van der Waals surface area contributed by atoms with Crippen LogP contribution in [0.15, 0.2) is 18.2 Å². The molecule has 2 rings (SSSR count). The van der Waals surface area contributed by atoms with Crippen molar-refractivity contribution in [2.75, 3.05) is 18.4 Å². The van der Waals surface area contributed by atoms with Gasteiger partial charge in [0.05, 0.1) is 11.6 Å². The number of anilines is 1. The molecule has 2 N–H and O–H groups in total. The van der Waals surface area contributed by atoms with Crippen molar-refractivity contribution in [2.24, 2.45) is 11.8 Å². The molecule has 0 saturated carbocycles. The van der Waals surface area contributed by atoms with Crippen LogP contribution in [0.1, 0.15) is 18.9 Å². The van der Waals surface area contributed by atoms with E-state index in [2.05, 4.69) is 17.6 Å². The first-order valence-electron chi connectivity index (χ1n) is 6.34. The van der Waals surface area contributed by atoms with Gasteiger partial charge >= 0.3 is 0 Å². The number of hydrogen-bond acceptors (Lipinski definition) is 2. The number of carbonyl (C=O) groups excluding carboxylic acids is 1. The average molecular weight is 250 g/mol. The number of halogens is 1. The van der Waals surface area contributed by atoms with Crippen LogP contribution in [0, 0.1) is 24.6 Å². The van der Waals surface area contributed by atoms with Crippen molar-refractivity contribution in [3.63, 3.8) is 0 Å². The topological polar surface area (TPSA) is 41.1 Å². The van der Waals surface area contributed by atoms with Gasteiger partial charge in [-0.2, -0.15) is 0 Å². The Morgan fingerprint density at radius 1 is 1.44 bits per heavy atom.